The number of para-hydroxylation sites is 2. The monoisotopic (exact) mass is 478 g/mol. The zero-order valence-electron chi connectivity index (χ0n) is 17.5. The molecule has 0 spiro atoms. The molecule has 1 heterocycles. The molecule has 0 aliphatic carbocycles. The molecule has 31 heavy (non-hydrogen) atoms. The summed E-state index contributed by atoms with van der Waals surface area (Å²) in [4.78, 5) is 5.01. The van der Waals surface area contributed by atoms with Crippen molar-refractivity contribution < 1.29 is 4.74 Å². The Labute approximate surface area is 202 Å². The lowest BCUT2D eigenvalue weighted by molar-refractivity contribution is 0.250. The normalized spacial score (nSPS) is 13.8. The van der Waals surface area contributed by atoms with Crippen LogP contribution in [0.5, 0.6) is 5.75 Å². The zero-order valence-corrected chi connectivity index (χ0v) is 19.8. The molecule has 166 valence electrons. The standard InChI is InChI=1S/C25H27ClN2O.2ClH/c26-24-8-4-5-9-25(24)29-19-14-21-10-12-22(13-11-21)20-27-15-17-28(18-16-27)23-6-2-1-3-7-23;;/h1-13H,14-20H2;2*1H. The van der Waals surface area contributed by atoms with Gasteiger partial charge in [0.1, 0.15) is 5.75 Å². The average Bonchev–Trinajstić information content (AvgIpc) is 2.77. The van der Waals surface area contributed by atoms with Gasteiger partial charge in [0.05, 0.1) is 11.6 Å². The molecule has 0 atom stereocenters. The minimum Gasteiger partial charge on any atom is -0.492 e. The number of nitrogens with zero attached hydrogens (tertiary/aromatic N) is 2. The van der Waals surface area contributed by atoms with Gasteiger partial charge in [-0.1, -0.05) is 66.2 Å². The quantitative estimate of drug-likeness (QED) is 0.405. The van der Waals surface area contributed by atoms with E-state index in [1.54, 1.807) is 0 Å². The van der Waals surface area contributed by atoms with Crippen LogP contribution in [0.2, 0.25) is 5.02 Å². The second kappa shape index (κ2) is 12.8. The van der Waals surface area contributed by atoms with Crippen molar-refractivity contribution >= 4 is 42.1 Å². The van der Waals surface area contributed by atoms with Crippen molar-refractivity contribution in [2.24, 2.45) is 0 Å². The van der Waals surface area contributed by atoms with Gasteiger partial charge >= 0.3 is 0 Å². The molecule has 1 aliphatic rings. The van der Waals surface area contributed by atoms with Gasteiger partial charge in [-0.05, 0) is 35.4 Å². The van der Waals surface area contributed by atoms with E-state index in [0.717, 1.165) is 44.9 Å². The van der Waals surface area contributed by atoms with Crippen molar-refractivity contribution in [3.63, 3.8) is 0 Å². The number of piperazine rings is 1. The predicted molar refractivity (Wildman–Crippen MR) is 136 cm³/mol. The summed E-state index contributed by atoms with van der Waals surface area (Å²) in [6, 6.07) is 27.2. The van der Waals surface area contributed by atoms with Crippen LogP contribution in [-0.2, 0) is 13.0 Å². The first-order valence-electron chi connectivity index (χ1n) is 10.3. The highest BCUT2D eigenvalue weighted by Gasteiger charge is 2.17. The van der Waals surface area contributed by atoms with Gasteiger partial charge in [0.15, 0.2) is 0 Å². The van der Waals surface area contributed by atoms with E-state index in [0.29, 0.717) is 11.6 Å². The Morgan fingerprint density at radius 1 is 0.710 bits per heavy atom. The molecule has 3 nitrogen and oxygen atoms in total. The fourth-order valence-electron chi connectivity index (χ4n) is 3.71. The summed E-state index contributed by atoms with van der Waals surface area (Å²) >= 11 is 6.13. The average molecular weight is 480 g/mol. The molecule has 0 radical (unpaired) electrons. The van der Waals surface area contributed by atoms with Crippen LogP contribution in [0.25, 0.3) is 0 Å². The summed E-state index contributed by atoms with van der Waals surface area (Å²) < 4.78 is 5.79. The minimum absolute atomic E-state index is 0. The van der Waals surface area contributed by atoms with Crippen LogP contribution in [0.1, 0.15) is 11.1 Å². The number of halogens is 3. The van der Waals surface area contributed by atoms with E-state index in [4.69, 9.17) is 16.3 Å². The second-order valence-corrected chi connectivity index (χ2v) is 7.85. The maximum absolute atomic E-state index is 6.13. The molecule has 1 saturated heterocycles. The highest BCUT2D eigenvalue weighted by molar-refractivity contribution is 6.32. The van der Waals surface area contributed by atoms with Gasteiger partial charge in [-0.2, -0.15) is 0 Å². The van der Waals surface area contributed by atoms with E-state index in [9.17, 15) is 0 Å². The summed E-state index contributed by atoms with van der Waals surface area (Å²) in [5, 5.41) is 0.662. The summed E-state index contributed by atoms with van der Waals surface area (Å²) in [5.74, 6) is 0.750. The lowest BCUT2D eigenvalue weighted by Gasteiger charge is -2.36. The molecule has 6 heteroatoms. The van der Waals surface area contributed by atoms with Gasteiger partial charge in [-0.25, -0.2) is 0 Å². The van der Waals surface area contributed by atoms with Crippen molar-refractivity contribution in [2.45, 2.75) is 13.0 Å². The predicted octanol–water partition coefficient (Wildman–Crippen LogP) is 6.13. The SMILES string of the molecule is Cl.Cl.Clc1ccccc1OCCc1ccc(CN2CCN(c3ccccc3)CC2)cc1. The minimum atomic E-state index is 0. The first-order chi connectivity index (χ1) is 14.3. The molecule has 0 bridgehead atoms. The van der Waals surface area contributed by atoms with Gasteiger partial charge in [0, 0.05) is 44.8 Å². The number of hydrogen-bond acceptors (Lipinski definition) is 3. The van der Waals surface area contributed by atoms with E-state index in [1.165, 1.54) is 16.8 Å². The number of anilines is 1. The Morgan fingerprint density at radius 2 is 1.32 bits per heavy atom. The Bertz CT molecular complexity index is 898. The Morgan fingerprint density at radius 3 is 2.00 bits per heavy atom. The van der Waals surface area contributed by atoms with E-state index in [2.05, 4.69) is 64.4 Å². The third-order valence-electron chi connectivity index (χ3n) is 5.41. The zero-order chi connectivity index (χ0) is 19.9. The van der Waals surface area contributed by atoms with Gasteiger partial charge in [0.2, 0.25) is 0 Å². The van der Waals surface area contributed by atoms with Crippen molar-refractivity contribution in [1.29, 1.82) is 0 Å². The van der Waals surface area contributed by atoms with Crippen LogP contribution in [-0.4, -0.2) is 37.7 Å². The molecule has 3 aromatic rings. The maximum Gasteiger partial charge on any atom is 0.137 e. The van der Waals surface area contributed by atoms with Crippen LogP contribution in [0.3, 0.4) is 0 Å². The molecule has 4 rings (SSSR count). The van der Waals surface area contributed by atoms with Crippen molar-refractivity contribution in [3.05, 3.63) is 95.0 Å². The summed E-state index contributed by atoms with van der Waals surface area (Å²) in [5.41, 5.74) is 3.99. The molecule has 1 fully saturated rings. The van der Waals surface area contributed by atoms with Crippen LogP contribution in [0.4, 0.5) is 5.69 Å². The lowest BCUT2D eigenvalue weighted by atomic mass is 10.1. The van der Waals surface area contributed by atoms with Crippen molar-refractivity contribution in [1.82, 2.24) is 4.90 Å². The van der Waals surface area contributed by atoms with Crippen LogP contribution >= 0.6 is 36.4 Å². The lowest BCUT2D eigenvalue weighted by Crippen LogP contribution is -2.45. The number of benzene rings is 3. The smallest absolute Gasteiger partial charge is 0.137 e. The molecule has 3 aromatic carbocycles. The first-order valence-corrected chi connectivity index (χ1v) is 10.6. The summed E-state index contributed by atoms with van der Waals surface area (Å²) in [6.45, 7) is 6.01. The summed E-state index contributed by atoms with van der Waals surface area (Å²) in [7, 11) is 0. The van der Waals surface area contributed by atoms with Gasteiger partial charge < -0.3 is 9.64 Å². The Balaban J connectivity index is 0.00000171. The molecule has 0 aromatic heterocycles. The Kier molecular flexibility index (Phi) is 10.5. The fraction of sp³-hybridized carbons (Fsp3) is 0.280. The van der Waals surface area contributed by atoms with Crippen molar-refractivity contribution in [3.8, 4) is 5.75 Å². The summed E-state index contributed by atoms with van der Waals surface area (Å²) in [6.07, 6.45) is 0.876. The van der Waals surface area contributed by atoms with E-state index in [-0.39, 0.29) is 24.8 Å². The van der Waals surface area contributed by atoms with Gasteiger partial charge in [-0.15, -0.1) is 24.8 Å². The molecule has 1 aliphatic heterocycles. The topological polar surface area (TPSA) is 15.7 Å². The third kappa shape index (κ3) is 7.33. The number of rotatable bonds is 7. The Hall–Kier alpha value is -1.91. The van der Waals surface area contributed by atoms with E-state index >= 15 is 0 Å². The highest BCUT2D eigenvalue weighted by atomic mass is 35.5. The molecule has 0 amide bonds. The van der Waals surface area contributed by atoms with Crippen LogP contribution < -0.4 is 9.64 Å². The fourth-order valence-corrected chi connectivity index (χ4v) is 3.90. The second-order valence-electron chi connectivity index (χ2n) is 7.44. The molecular weight excluding hydrogens is 451 g/mol. The third-order valence-corrected chi connectivity index (χ3v) is 5.72. The van der Waals surface area contributed by atoms with E-state index in [1.807, 2.05) is 24.3 Å². The first kappa shape index (κ1) is 25.4. The molecular formula is C25H29Cl3N2O. The van der Waals surface area contributed by atoms with Crippen LogP contribution in [0, 0.1) is 0 Å². The molecule has 0 unspecified atom stereocenters. The van der Waals surface area contributed by atoms with Gasteiger partial charge in [0.25, 0.3) is 0 Å². The van der Waals surface area contributed by atoms with E-state index < -0.39 is 0 Å². The highest BCUT2D eigenvalue weighted by Crippen LogP contribution is 2.23. The molecule has 0 N–H and O–H groups in total. The largest absolute Gasteiger partial charge is 0.492 e. The maximum atomic E-state index is 6.13. The van der Waals surface area contributed by atoms with Crippen LogP contribution in [0.15, 0.2) is 78.9 Å². The number of hydrogen-bond donors (Lipinski definition) is 0. The number of ether oxygens (including phenoxy) is 1. The van der Waals surface area contributed by atoms with Gasteiger partial charge in [-0.3, -0.25) is 4.90 Å². The van der Waals surface area contributed by atoms with Crippen molar-refractivity contribution in [2.75, 3.05) is 37.7 Å². The molecule has 0 saturated carbocycles.